The second-order valence-corrected chi connectivity index (χ2v) is 6.55. The van der Waals surface area contributed by atoms with Crippen LogP contribution < -0.4 is 5.32 Å². The number of carbonyl (C=O) groups is 3. The summed E-state index contributed by atoms with van der Waals surface area (Å²) in [6.07, 6.45) is 3.09. The number of nitrogens with one attached hydrogen (secondary N) is 1. The van der Waals surface area contributed by atoms with E-state index in [1.807, 2.05) is 30.3 Å². The molecule has 1 aromatic carbocycles. The Morgan fingerprint density at radius 2 is 1.70 bits per heavy atom. The van der Waals surface area contributed by atoms with Gasteiger partial charge in [0.2, 0.25) is 11.8 Å². The van der Waals surface area contributed by atoms with Gasteiger partial charge in [0.15, 0.2) is 0 Å². The Kier molecular flexibility index (Phi) is 5.90. The Morgan fingerprint density at radius 1 is 1.04 bits per heavy atom. The SMILES string of the molecule is CC(=O)NC(CC(=O)N1CCN(C(=O)c2ccoc2)CC1)c1ccccc1. The first kappa shape index (κ1) is 18.7. The van der Waals surface area contributed by atoms with Crippen molar-refractivity contribution in [2.75, 3.05) is 26.2 Å². The van der Waals surface area contributed by atoms with Crippen LogP contribution in [-0.4, -0.2) is 53.7 Å². The molecule has 2 heterocycles. The molecule has 1 fully saturated rings. The van der Waals surface area contributed by atoms with Gasteiger partial charge in [0, 0.05) is 33.1 Å². The van der Waals surface area contributed by atoms with Gasteiger partial charge < -0.3 is 19.5 Å². The summed E-state index contributed by atoms with van der Waals surface area (Å²) in [5.41, 5.74) is 1.42. The van der Waals surface area contributed by atoms with Crippen LogP contribution in [-0.2, 0) is 9.59 Å². The van der Waals surface area contributed by atoms with Gasteiger partial charge in [-0.05, 0) is 11.6 Å². The van der Waals surface area contributed by atoms with Crippen LogP contribution in [0.2, 0.25) is 0 Å². The lowest BCUT2D eigenvalue weighted by molar-refractivity contribution is -0.133. The first-order valence-corrected chi connectivity index (χ1v) is 8.96. The minimum atomic E-state index is -0.359. The number of amides is 3. The van der Waals surface area contributed by atoms with Crippen LogP contribution in [0.5, 0.6) is 0 Å². The van der Waals surface area contributed by atoms with Crippen molar-refractivity contribution in [3.63, 3.8) is 0 Å². The van der Waals surface area contributed by atoms with Crippen molar-refractivity contribution in [1.82, 2.24) is 15.1 Å². The molecule has 1 saturated heterocycles. The molecule has 1 atom stereocenters. The predicted octanol–water partition coefficient (Wildman–Crippen LogP) is 1.83. The summed E-state index contributed by atoms with van der Waals surface area (Å²) in [6, 6.07) is 10.7. The van der Waals surface area contributed by atoms with E-state index in [9.17, 15) is 14.4 Å². The molecule has 1 aliphatic rings. The van der Waals surface area contributed by atoms with Crippen LogP contribution in [0, 0.1) is 0 Å². The molecule has 0 bridgehead atoms. The normalized spacial score (nSPS) is 15.3. The highest BCUT2D eigenvalue weighted by atomic mass is 16.3. The Bertz CT molecular complexity index is 781. The lowest BCUT2D eigenvalue weighted by Gasteiger charge is -2.35. The van der Waals surface area contributed by atoms with Crippen LogP contribution in [0.4, 0.5) is 0 Å². The molecule has 1 aromatic heterocycles. The number of benzene rings is 1. The molecule has 1 N–H and O–H groups in total. The Labute approximate surface area is 157 Å². The summed E-state index contributed by atoms with van der Waals surface area (Å²) in [6.45, 7) is 3.35. The monoisotopic (exact) mass is 369 g/mol. The zero-order chi connectivity index (χ0) is 19.2. The number of hydrogen-bond donors (Lipinski definition) is 1. The molecular formula is C20H23N3O4. The molecule has 0 aliphatic carbocycles. The van der Waals surface area contributed by atoms with E-state index in [2.05, 4.69) is 5.32 Å². The van der Waals surface area contributed by atoms with E-state index >= 15 is 0 Å². The summed E-state index contributed by atoms with van der Waals surface area (Å²) < 4.78 is 4.96. The molecule has 27 heavy (non-hydrogen) atoms. The topological polar surface area (TPSA) is 82.9 Å². The van der Waals surface area contributed by atoms with Crippen LogP contribution in [0.25, 0.3) is 0 Å². The predicted molar refractivity (Wildman–Crippen MR) is 98.8 cm³/mol. The summed E-state index contributed by atoms with van der Waals surface area (Å²) in [5.74, 6) is -0.295. The number of hydrogen-bond acceptors (Lipinski definition) is 4. The van der Waals surface area contributed by atoms with Crippen LogP contribution >= 0.6 is 0 Å². The van der Waals surface area contributed by atoms with Crippen molar-refractivity contribution in [3.05, 3.63) is 60.1 Å². The van der Waals surface area contributed by atoms with Crippen molar-refractivity contribution in [1.29, 1.82) is 0 Å². The fraction of sp³-hybridized carbons (Fsp3) is 0.350. The van der Waals surface area contributed by atoms with Gasteiger partial charge in [0.25, 0.3) is 5.91 Å². The van der Waals surface area contributed by atoms with Crippen molar-refractivity contribution in [2.45, 2.75) is 19.4 Å². The second kappa shape index (κ2) is 8.53. The maximum Gasteiger partial charge on any atom is 0.257 e. The molecule has 1 aliphatic heterocycles. The molecule has 3 rings (SSSR count). The van der Waals surface area contributed by atoms with E-state index in [0.29, 0.717) is 31.7 Å². The third kappa shape index (κ3) is 4.75. The lowest BCUT2D eigenvalue weighted by atomic mass is 10.0. The van der Waals surface area contributed by atoms with Crippen molar-refractivity contribution >= 4 is 17.7 Å². The smallest absolute Gasteiger partial charge is 0.257 e. The van der Waals surface area contributed by atoms with Gasteiger partial charge in [-0.15, -0.1) is 0 Å². The van der Waals surface area contributed by atoms with Crippen molar-refractivity contribution in [2.24, 2.45) is 0 Å². The van der Waals surface area contributed by atoms with E-state index < -0.39 is 0 Å². The zero-order valence-electron chi connectivity index (χ0n) is 15.3. The number of nitrogens with zero attached hydrogens (tertiary/aromatic N) is 2. The van der Waals surface area contributed by atoms with Gasteiger partial charge in [0.1, 0.15) is 6.26 Å². The molecule has 7 nitrogen and oxygen atoms in total. The molecule has 2 aromatic rings. The van der Waals surface area contributed by atoms with Gasteiger partial charge in [-0.2, -0.15) is 0 Å². The molecule has 1 unspecified atom stereocenters. The molecule has 142 valence electrons. The third-order valence-electron chi connectivity index (χ3n) is 4.65. The fourth-order valence-electron chi connectivity index (χ4n) is 3.21. The van der Waals surface area contributed by atoms with E-state index in [4.69, 9.17) is 4.42 Å². The highest BCUT2D eigenvalue weighted by Gasteiger charge is 2.27. The Morgan fingerprint density at radius 3 is 2.30 bits per heavy atom. The average Bonchev–Trinajstić information content (AvgIpc) is 3.22. The second-order valence-electron chi connectivity index (χ2n) is 6.55. The van der Waals surface area contributed by atoms with Crippen LogP contribution in [0.1, 0.15) is 35.3 Å². The first-order valence-electron chi connectivity index (χ1n) is 8.96. The third-order valence-corrected chi connectivity index (χ3v) is 4.65. The van der Waals surface area contributed by atoms with Gasteiger partial charge >= 0.3 is 0 Å². The standard InChI is InChI=1S/C20H23N3O4/c1-15(24)21-18(16-5-3-2-4-6-16)13-19(25)22-8-10-23(11-9-22)20(26)17-7-12-27-14-17/h2-7,12,14,18H,8-11,13H2,1H3,(H,21,24). The van der Waals surface area contributed by atoms with Crippen LogP contribution in [0.3, 0.4) is 0 Å². The first-order chi connectivity index (χ1) is 13.0. The lowest BCUT2D eigenvalue weighted by Crippen LogP contribution is -2.51. The molecule has 7 heteroatoms. The summed E-state index contributed by atoms with van der Waals surface area (Å²) in [5, 5.41) is 2.85. The molecular weight excluding hydrogens is 346 g/mol. The number of furan rings is 1. The molecule has 0 spiro atoms. The Hall–Kier alpha value is -3.09. The molecule has 3 amide bonds. The quantitative estimate of drug-likeness (QED) is 0.872. The van der Waals surface area contributed by atoms with E-state index in [1.165, 1.54) is 19.5 Å². The average molecular weight is 369 g/mol. The van der Waals surface area contributed by atoms with E-state index in [1.54, 1.807) is 15.9 Å². The maximum absolute atomic E-state index is 12.7. The molecule has 0 radical (unpaired) electrons. The fourth-order valence-corrected chi connectivity index (χ4v) is 3.21. The van der Waals surface area contributed by atoms with Crippen LogP contribution in [0.15, 0.2) is 53.3 Å². The minimum Gasteiger partial charge on any atom is -0.472 e. The largest absolute Gasteiger partial charge is 0.472 e. The Balaban J connectivity index is 1.58. The van der Waals surface area contributed by atoms with Gasteiger partial charge in [-0.1, -0.05) is 30.3 Å². The number of rotatable bonds is 5. The number of piperazine rings is 1. The zero-order valence-corrected chi connectivity index (χ0v) is 15.3. The van der Waals surface area contributed by atoms with Crippen molar-refractivity contribution < 1.29 is 18.8 Å². The highest BCUT2D eigenvalue weighted by molar-refractivity contribution is 5.94. The highest BCUT2D eigenvalue weighted by Crippen LogP contribution is 2.19. The van der Waals surface area contributed by atoms with E-state index in [0.717, 1.165) is 5.56 Å². The van der Waals surface area contributed by atoms with Gasteiger partial charge in [-0.3, -0.25) is 14.4 Å². The maximum atomic E-state index is 12.7. The van der Waals surface area contributed by atoms with E-state index in [-0.39, 0.29) is 30.2 Å². The number of carbonyl (C=O) groups excluding carboxylic acids is 3. The summed E-state index contributed by atoms with van der Waals surface area (Å²) in [4.78, 5) is 40.1. The van der Waals surface area contributed by atoms with Gasteiger partial charge in [0.05, 0.1) is 24.3 Å². The molecule has 0 saturated carbocycles. The minimum absolute atomic E-state index is 0.0342. The van der Waals surface area contributed by atoms with Crippen molar-refractivity contribution in [3.8, 4) is 0 Å². The summed E-state index contributed by atoms with van der Waals surface area (Å²) >= 11 is 0. The van der Waals surface area contributed by atoms with Gasteiger partial charge in [-0.25, -0.2) is 0 Å². The summed E-state index contributed by atoms with van der Waals surface area (Å²) in [7, 11) is 0.